The number of rotatable bonds is 6. The maximum atomic E-state index is 13.4. The Morgan fingerprint density at radius 1 is 1.18 bits per heavy atom. The van der Waals surface area contributed by atoms with Gasteiger partial charge in [-0.25, -0.2) is 4.99 Å². The first-order valence-corrected chi connectivity index (χ1v) is 12.3. The molecule has 4 N–H and O–H groups in total. The van der Waals surface area contributed by atoms with Crippen LogP contribution in [0.5, 0.6) is 0 Å². The maximum Gasteiger partial charge on any atom is 0.417 e. The van der Waals surface area contributed by atoms with Gasteiger partial charge in [0.25, 0.3) is 11.9 Å². The summed E-state index contributed by atoms with van der Waals surface area (Å²) in [6.07, 6.45) is -4.73. The molecular formula is C28H25F3N6O3. The van der Waals surface area contributed by atoms with Gasteiger partial charge in [-0.3, -0.25) is 15.2 Å². The van der Waals surface area contributed by atoms with Gasteiger partial charge in [-0.1, -0.05) is 48.5 Å². The summed E-state index contributed by atoms with van der Waals surface area (Å²) in [5.74, 6) is -1.46. The van der Waals surface area contributed by atoms with E-state index in [-0.39, 0.29) is 23.1 Å². The number of carbonyl (C=O) groups is 1. The number of amidine groups is 1. The maximum absolute atomic E-state index is 13.4. The van der Waals surface area contributed by atoms with Crippen LogP contribution in [0.1, 0.15) is 40.3 Å². The van der Waals surface area contributed by atoms with Gasteiger partial charge in [0, 0.05) is 31.0 Å². The molecule has 0 saturated heterocycles. The van der Waals surface area contributed by atoms with Crippen molar-refractivity contribution in [2.24, 2.45) is 21.6 Å². The van der Waals surface area contributed by atoms with Crippen molar-refractivity contribution >= 4 is 29.2 Å². The monoisotopic (exact) mass is 550 g/mol. The molecule has 1 unspecified atom stereocenters. The average Bonchev–Trinajstić information content (AvgIpc) is 3.71. The zero-order valence-corrected chi connectivity index (χ0v) is 21.3. The fourth-order valence-electron chi connectivity index (χ4n) is 4.60. The third-order valence-electron chi connectivity index (χ3n) is 6.59. The largest absolute Gasteiger partial charge is 0.417 e. The minimum absolute atomic E-state index is 0.00471. The van der Waals surface area contributed by atoms with E-state index in [1.54, 1.807) is 12.1 Å². The van der Waals surface area contributed by atoms with Crippen molar-refractivity contribution in [2.45, 2.75) is 24.7 Å². The lowest BCUT2D eigenvalue weighted by molar-refractivity contribution is -0.137. The Labute approximate surface area is 227 Å². The Hall–Kier alpha value is -4.58. The Kier molecular flexibility index (Phi) is 7.35. The quantitative estimate of drug-likeness (QED) is 0.310. The molecule has 0 spiro atoms. The number of aromatic nitrogens is 1. The number of hydrogen-bond acceptors (Lipinski definition) is 7. The number of fused-ring (bicyclic) bond motifs is 1. The molecule has 0 radical (unpaired) electrons. The molecule has 206 valence electrons. The van der Waals surface area contributed by atoms with Gasteiger partial charge < -0.3 is 20.5 Å². The zero-order chi connectivity index (χ0) is 28.4. The number of methoxy groups -OCH3 is 1. The van der Waals surface area contributed by atoms with Crippen LogP contribution in [-0.4, -0.2) is 48.4 Å². The molecule has 2 heterocycles. The van der Waals surface area contributed by atoms with E-state index >= 15 is 0 Å². The van der Waals surface area contributed by atoms with Crippen molar-refractivity contribution in [1.82, 2.24) is 4.98 Å². The Bertz CT molecular complexity index is 1510. The normalized spacial score (nSPS) is 20.6. The summed E-state index contributed by atoms with van der Waals surface area (Å²) in [5, 5.41) is 11.2. The summed E-state index contributed by atoms with van der Waals surface area (Å²) in [4.78, 5) is 25.5. The molecule has 1 aliphatic heterocycles. The minimum atomic E-state index is -4.60. The smallest absolute Gasteiger partial charge is 0.405 e. The highest BCUT2D eigenvalue weighted by Gasteiger charge is 2.42. The second kappa shape index (κ2) is 10.9. The van der Waals surface area contributed by atoms with Crippen molar-refractivity contribution in [3.8, 4) is 0 Å². The predicted octanol–water partition coefficient (Wildman–Crippen LogP) is 4.32. The standard InChI is InChI=1S/C28H25F3N6O3/c1-39-14-16-11-19(16)20-12-17(28(29,30)31)13-34-23(20)24(32)40-27(33)37-25-26(38)35-21-10-6-5-9-18(21)22(36-25)15-7-3-2-4-8-15/h2-10,12-13,16,19,25,32H,11,14H2,1H3,(H2,33,37)(H,35,38)/t16-,19?,25+/m1/s1. The number of ether oxygens (including phenoxy) is 2. The zero-order valence-electron chi connectivity index (χ0n) is 21.3. The number of aliphatic imine (C=N–C) groups is 2. The van der Waals surface area contributed by atoms with Crippen LogP contribution in [0.4, 0.5) is 18.9 Å². The van der Waals surface area contributed by atoms with Crippen molar-refractivity contribution in [1.29, 1.82) is 5.41 Å². The van der Waals surface area contributed by atoms with E-state index in [1.165, 1.54) is 7.11 Å². The summed E-state index contributed by atoms with van der Waals surface area (Å²) < 4.78 is 50.7. The molecule has 1 saturated carbocycles. The molecule has 3 atom stereocenters. The fourth-order valence-corrected chi connectivity index (χ4v) is 4.60. The van der Waals surface area contributed by atoms with Crippen LogP contribution in [0, 0.1) is 11.3 Å². The molecule has 40 heavy (non-hydrogen) atoms. The number of carbonyl (C=O) groups excluding carboxylic acids is 1. The average molecular weight is 551 g/mol. The first-order chi connectivity index (χ1) is 19.2. The van der Waals surface area contributed by atoms with E-state index < -0.39 is 35.7 Å². The lowest BCUT2D eigenvalue weighted by atomic mass is 10.0. The number of benzene rings is 2. The number of benzodiazepines with no additional fused rings is 1. The number of hydrogen-bond donors (Lipinski definition) is 3. The number of nitrogens with zero attached hydrogens (tertiary/aromatic N) is 3. The summed E-state index contributed by atoms with van der Waals surface area (Å²) in [7, 11) is 1.51. The van der Waals surface area contributed by atoms with E-state index in [4.69, 9.17) is 20.6 Å². The summed E-state index contributed by atoms with van der Waals surface area (Å²) >= 11 is 0. The Morgan fingerprint density at radius 3 is 2.62 bits per heavy atom. The van der Waals surface area contributed by atoms with Crippen molar-refractivity contribution in [3.05, 3.63) is 94.8 Å². The van der Waals surface area contributed by atoms with Crippen molar-refractivity contribution in [3.63, 3.8) is 0 Å². The highest BCUT2D eigenvalue weighted by Crippen LogP contribution is 2.49. The van der Waals surface area contributed by atoms with Gasteiger partial charge in [0.05, 0.1) is 17.0 Å². The fraction of sp³-hybridized carbons (Fsp3) is 0.250. The third kappa shape index (κ3) is 5.71. The molecule has 1 aliphatic carbocycles. The molecule has 0 bridgehead atoms. The second-order valence-electron chi connectivity index (χ2n) is 9.37. The number of pyridine rings is 1. The molecule has 1 amide bonds. The molecule has 1 fully saturated rings. The molecule has 9 nitrogen and oxygen atoms in total. The van der Waals surface area contributed by atoms with Gasteiger partial charge in [0.2, 0.25) is 12.1 Å². The molecule has 3 aromatic rings. The molecule has 5 rings (SSSR count). The molecular weight excluding hydrogens is 525 g/mol. The van der Waals surface area contributed by atoms with E-state index in [1.807, 2.05) is 42.5 Å². The van der Waals surface area contributed by atoms with E-state index in [9.17, 15) is 18.0 Å². The van der Waals surface area contributed by atoms with Gasteiger partial charge in [0.1, 0.15) is 5.69 Å². The van der Waals surface area contributed by atoms with E-state index in [0.29, 0.717) is 36.2 Å². The van der Waals surface area contributed by atoms with Crippen LogP contribution in [0.15, 0.2) is 76.8 Å². The van der Waals surface area contributed by atoms with Crippen LogP contribution in [0.25, 0.3) is 0 Å². The number of alkyl halides is 3. The number of para-hydroxylation sites is 1. The van der Waals surface area contributed by atoms with Gasteiger partial charge in [-0.15, -0.1) is 0 Å². The van der Waals surface area contributed by atoms with Crippen LogP contribution < -0.4 is 11.1 Å². The van der Waals surface area contributed by atoms with E-state index in [0.717, 1.165) is 11.6 Å². The number of halogens is 3. The number of amides is 1. The first kappa shape index (κ1) is 27.0. The van der Waals surface area contributed by atoms with Gasteiger partial charge in [-0.2, -0.15) is 18.2 Å². The Morgan fingerprint density at radius 2 is 1.90 bits per heavy atom. The highest BCUT2D eigenvalue weighted by atomic mass is 19.4. The van der Waals surface area contributed by atoms with Crippen LogP contribution >= 0.6 is 0 Å². The van der Waals surface area contributed by atoms with Crippen LogP contribution in [-0.2, 0) is 20.4 Å². The summed E-state index contributed by atoms with van der Waals surface area (Å²) in [5.41, 5.74) is 7.61. The lowest BCUT2D eigenvalue weighted by Crippen LogP contribution is -2.30. The van der Waals surface area contributed by atoms with Gasteiger partial charge in [-0.05, 0) is 36.0 Å². The SMILES string of the molecule is COC[C@H]1CC1c1cc(C(F)(F)F)cnc1C(=N)OC(N)=N[C@@H]1N=C(c2ccccc2)c2ccccc2NC1=O. The minimum Gasteiger partial charge on any atom is -0.405 e. The second-order valence-corrected chi connectivity index (χ2v) is 9.37. The summed E-state index contributed by atoms with van der Waals surface area (Å²) in [6, 6.07) is 16.8. The van der Waals surface area contributed by atoms with Gasteiger partial charge >= 0.3 is 6.18 Å². The molecule has 2 aliphatic rings. The number of anilines is 1. The lowest BCUT2D eigenvalue weighted by Gasteiger charge is -2.14. The van der Waals surface area contributed by atoms with Crippen molar-refractivity contribution < 1.29 is 27.4 Å². The molecule has 12 heteroatoms. The highest BCUT2D eigenvalue weighted by molar-refractivity contribution is 6.19. The topological polar surface area (TPSA) is 135 Å². The Balaban J connectivity index is 1.44. The molecule has 1 aromatic heterocycles. The van der Waals surface area contributed by atoms with Crippen LogP contribution in [0.2, 0.25) is 0 Å². The predicted molar refractivity (Wildman–Crippen MR) is 142 cm³/mol. The molecule has 2 aromatic carbocycles. The first-order valence-electron chi connectivity index (χ1n) is 12.3. The number of nitrogens with two attached hydrogens (primary N) is 1. The summed E-state index contributed by atoms with van der Waals surface area (Å²) in [6.45, 7) is 0.360. The van der Waals surface area contributed by atoms with E-state index in [2.05, 4.69) is 20.3 Å². The third-order valence-corrected chi connectivity index (χ3v) is 6.59. The van der Waals surface area contributed by atoms with Crippen molar-refractivity contribution in [2.75, 3.05) is 19.0 Å². The van der Waals surface area contributed by atoms with Gasteiger partial charge in [0.15, 0.2) is 0 Å². The number of nitrogens with one attached hydrogen (secondary N) is 2. The van der Waals surface area contributed by atoms with Crippen LogP contribution in [0.3, 0.4) is 0 Å².